The van der Waals surface area contributed by atoms with E-state index >= 15 is 8.78 Å². The van der Waals surface area contributed by atoms with Gasteiger partial charge in [0.05, 0.1) is 17.3 Å². The first kappa shape index (κ1) is 25.5. The molecule has 9 heteroatoms. The van der Waals surface area contributed by atoms with Gasteiger partial charge in [0.2, 0.25) is 5.91 Å². The number of esters is 1. The number of benzene rings is 1. The quantitative estimate of drug-likeness (QED) is 0.607. The van der Waals surface area contributed by atoms with E-state index in [4.69, 9.17) is 15.2 Å². The van der Waals surface area contributed by atoms with E-state index < -0.39 is 59.6 Å². The Morgan fingerprint density at radius 3 is 2.64 bits per heavy atom. The number of nitrogens with two attached hydrogens (primary N) is 1. The Kier molecular flexibility index (Phi) is 6.67. The number of methoxy groups -OCH3 is 1. The molecule has 1 aromatic heterocycles. The van der Waals surface area contributed by atoms with Crippen LogP contribution in [0.4, 0.5) is 8.78 Å². The predicted octanol–water partition coefficient (Wildman–Crippen LogP) is 3.97. The molecular weight excluding hydrogens is 468 g/mol. The highest BCUT2D eigenvalue weighted by atomic mass is 19.3. The zero-order valence-corrected chi connectivity index (χ0v) is 20.2. The second-order valence-corrected chi connectivity index (χ2v) is 9.49. The number of halogens is 2. The molecule has 4 rings (SSSR count). The minimum absolute atomic E-state index is 0.510. The average Bonchev–Trinajstić information content (AvgIpc) is 3.08. The molecule has 0 radical (unpaired) electrons. The number of carbonyl (C=O) groups excluding carboxylic acids is 2. The van der Waals surface area contributed by atoms with Gasteiger partial charge in [0.15, 0.2) is 6.10 Å². The van der Waals surface area contributed by atoms with Crippen molar-refractivity contribution in [1.29, 1.82) is 5.26 Å². The number of fused-ring (bicyclic) bond motifs is 1. The number of nitriles is 1. The van der Waals surface area contributed by atoms with Gasteiger partial charge in [-0.05, 0) is 31.1 Å². The van der Waals surface area contributed by atoms with Gasteiger partial charge in [-0.1, -0.05) is 37.3 Å². The standard InChI is InChI=1S/C27H27F2N3O4/c1-15-20(11-10-19-9-8-18(13-32-19)21-7-5-4-6-17(21)12-30)22-16(2)36-25(34)26(22,14-27(15,28)29)23(35-3)24(31)33/h4-11,13,15-16,20,22-23H,14H2,1-3H3,(H2,31,33). The molecule has 2 fully saturated rings. The third-order valence-electron chi connectivity index (χ3n) is 7.56. The number of alkyl halides is 2. The zero-order chi connectivity index (χ0) is 26.3. The topological polar surface area (TPSA) is 115 Å². The van der Waals surface area contributed by atoms with Gasteiger partial charge >= 0.3 is 5.97 Å². The maximum Gasteiger partial charge on any atom is 0.316 e. The Morgan fingerprint density at radius 1 is 1.31 bits per heavy atom. The highest BCUT2D eigenvalue weighted by Crippen LogP contribution is 2.61. The summed E-state index contributed by atoms with van der Waals surface area (Å²) in [5, 5.41) is 9.34. The number of amides is 1. The van der Waals surface area contributed by atoms with Crippen molar-refractivity contribution in [2.75, 3.05) is 7.11 Å². The van der Waals surface area contributed by atoms with Crippen molar-refractivity contribution in [3.8, 4) is 17.2 Å². The van der Waals surface area contributed by atoms with Crippen molar-refractivity contribution >= 4 is 18.0 Å². The molecule has 1 saturated heterocycles. The maximum absolute atomic E-state index is 15.3. The first-order valence-corrected chi connectivity index (χ1v) is 11.6. The van der Waals surface area contributed by atoms with Gasteiger partial charge in [-0.25, -0.2) is 8.78 Å². The molecule has 2 aliphatic rings. The summed E-state index contributed by atoms with van der Waals surface area (Å²) in [4.78, 5) is 29.6. The van der Waals surface area contributed by atoms with Crippen LogP contribution in [0, 0.1) is 34.5 Å². The van der Waals surface area contributed by atoms with Crippen LogP contribution >= 0.6 is 0 Å². The van der Waals surface area contributed by atoms with E-state index in [1.165, 1.54) is 14.0 Å². The van der Waals surface area contributed by atoms with Gasteiger partial charge in [0, 0.05) is 42.7 Å². The summed E-state index contributed by atoms with van der Waals surface area (Å²) < 4.78 is 41.3. The van der Waals surface area contributed by atoms with E-state index in [0.29, 0.717) is 11.3 Å². The van der Waals surface area contributed by atoms with Crippen molar-refractivity contribution in [3.05, 3.63) is 59.9 Å². The Hall–Kier alpha value is -3.64. The van der Waals surface area contributed by atoms with Crippen LogP contribution in [-0.2, 0) is 19.1 Å². The molecule has 0 bridgehead atoms. The number of primary amides is 1. The molecule has 2 N–H and O–H groups in total. The fourth-order valence-electron chi connectivity index (χ4n) is 5.84. The van der Waals surface area contributed by atoms with E-state index in [1.807, 2.05) is 12.1 Å². The number of rotatable bonds is 6. The molecule has 2 heterocycles. The number of carbonyl (C=O) groups is 2. The van der Waals surface area contributed by atoms with Gasteiger partial charge in [0.1, 0.15) is 11.5 Å². The summed E-state index contributed by atoms with van der Waals surface area (Å²) in [5.74, 6) is -7.89. The van der Waals surface area contributed by atoms with E-state index in [-0.39, 0.29) is 0 Å². The van der Waals surface area contributed by atoms with Crippen molar-refractivity contribution in [1.82, 2.24) is 4.98 Å². The minimum Gasteiger partial charge on any atom is -0.462 e. The van der Waals surface area contributed by atoms with Crippen molar-refractivity contribution < 1.29 is 27.8 Å². The number of allylic oxidation sites excluding steroid dienone is 1. The number of pyridine rings is 1. The lowest BCUT2D eigenvalue weighted by Gasteiger charge is -2.49. The summed E-state index contributed by atoms with van der Waals surface area (Å²) in [7, 11) is 1.18. The van der Waals surface area contributed by atoms with Gasteiger partial charge < -0.3 is 15.2 Å². The second kappa shape index (κ2) is 9.43. The molecule has 0 spiro atoms. The lowest BCUT2D eigenvalue weighted by Crippen LogP contribution is -2.61. The molecule has 1 saturated carbocycles. The molecule has 188 valence electrons. The highest BCUT2D eigenvalue weighted by molar-refractivity contribution is 5.91. The highest BCUT2D eigenvalue weighted by Gasteiger charge is 2.71. The number of aromatic nitrogens is 1. The van der Waals surface area contributed by atoms with Crippen LogP contribution in [0.1, 0.15) is 31.5 Å². The Bertz CT molecular complexity index is 1240. The van der Waals surface area contributed by atoms with Crippen LogP contribution < -0.4 is 5.73 Å². The average molecular weight is 496 g/mol. The molecule has 7 nitrogen and oxygen atoms in total. The molecule has 1 amide bonds. The van der Waals surface area contributed by atoms with Gasteiger partial charge in [-0.15, -0.1) is 0 Å². The van der Waals surface area contributed by atoms with E-state index in [1.54, 1.807) is 49.5 Å². The fraction of sp³-hybridized carbons (Fsp3) is 0.407. The van der Waals surface area contributed by atoms with Crippen LogP contribution in [0.15, 0.2) is 48.7 Å². The lowest BCUT2D eigenvalue weighted by atomic mass is 9.54. The van der Waals surface area contributed by atoms with Crippen LogP contribution in [0.3, 0.4) is 0 Å². The van der Waals surface area contributed by atoms with E-state index in [9.17, 15) is 14.9 Å². The Morgan fingerprint density at radius 2 is 2.03 bits per heavy atom. The molecular formula is C27H27F2N3O4. The van der Waals surface area contributed by atoms with Gasteiger partial charge in [0.25, 0.3) is 5.92 Å². The molecule has 1 aliphatic heterocycles. The summed E-state index contributed by atoms with van der Waals surface area (Å²) >= 11 is 0. The summed E-state index contributed by atoms with van der Waals surface area (Å²) in [5.41, 5.74) is 6.09. The molecule has 6 atom stereocenters. The molecule has 2 aromatic rings. The normalized spacial score (nSPS) is 29.8. The number of cyclic esters (lactones) is 1. The number of hydrogen-bond acceptors (Lipinski definition) is 6. The summed E-state index contributed by atoms with van der Waals surface area (Å²) in [6.07, 6.45) is 1.68. The SMILES string of the molecule is COC(C(N)=O)C12CC(F)(F)C(C)C(C=Cc3ccc(-c4ccccc4C#N)cn3)C1C(C)OC2=O. The third kappa shape index (κ3) is 4.05. The van der Waals surface area contributed by atoms with Crippen molar-refractivity contribution in [2.45, 2.75) is 38.4 Å². The largest absolute Gasteiger partial charge is 0.462 e. The zero-order valence-electron chi connectivity index (χ0n) is 20.2. The van der Waals surface area contributed by atoms with Crippen LogP contribution in [0.5, 0.6) is 0 Å². The van der Waals surface area contributed by atoms with E-state index in [0.717, 1.165) is 11.1 Å². The summed E-state index contributed by atoms with van der Waals surface area (Å²) in [6.45, 7) is 3.06. The molecule has 6 unspecified atom stereocenters. The van der Waals surface area contributed by atoms with Gasteiger partial charge in [-0.2, -0.15) is 5.26 Å². The third-order valence-corrected chi connectivity index (χ3v) is 7.56. The Balaban J connectivity index is 1.71. The van der Waals surface area contributed by atoms with Crippen molar-refractivity contribution in [2.24, 2.45) is 28.9 Å². The Labute approximate surface area is 207 Å². The fourth-order valence-corrected chi connectivity index (χ4v) is 5.84. The maximum atomic E-state index is 15.3. The molecule has 1 aromatic carbocycles. The smallest absolute Gasteiger partial charge is 0.316 e. The van der Waals surface area contributed by atoms with Crippen LogP contribution in [0.25, 0.3) is 17.2 Å². The first-order valence-electron chi connectivity index (χ1n) is 11.6. The predicted molar refractivity (Wildman–Crippen MR) is 127 cm³/mol. The van der Waals surface area contributed by atoms with Gasteiger partial charge in [-0.3, -0.25) is 14.6 Å². The monoisotopic (exact) mass is 495 g/mol. The van der Waals surface area contributed by atoms with E-state index in [2.05, 4.69) is 11.1 Å². The number of ether oxygens (including phenoxy) is 2. The summed E-state index contributed by atoms with van der Waals surface area (Å²) in [6, 6.07) is 12.8. The van der Waals surface area contributed by atoms with Crippen molar-refractivity contribution in [3.63, 3.8) is 0 Å². The minimum atomic E-state index is -3.28. The molecule has 1 aliphatic carbocycles. The molecule has 36 heavy (non-hydrogen) atoms. The number of hydrogen-bond donors (Lipinski definition) is 1. The lowest BCUT2D eigenvalue weighted by molar-refractivity contribution is -0.195. The number of nitrogens with zero attached hydrogens (tertiary/aromatic N) is 2. The van der Waals surface area contributed by atoms with Crippen LogP contribution in [0.2, 0.25) is 0 Å². The van der Waals surface area contributed by atoms with Crippen LogP contribution in [-0.4, -0.2) is 42.1 Å². The second-order valence-electron chi connectivity index (χ2n) is 9.49. The first-order chi connectivity index (χ1) is 17.1.